The lowest BCUT2D eigenvalue weighted by molar-refractivity contribution is 0.318. The van der Waals surface area contributed by atoms with Crippen LogP contribution in [0.5, 0.6) is 5.75 Å². The van der Waals surface area contributed by atoms with Crippen molar-refractivity contribution in [1.82, 2.24) is 10.0 Å². The van der Waals surface area contributed by atoms with E-state index in [1.807, 2.05) is 20.2 Å². The van der Waals surface area contributed by atoms with E-state index in [2.05, 4.69) is 10.0 Å². The van der Waals surface area contributed by atoms with E-state index >= 15 is 0 Å². The van der Waals surface area contributed by atoms with Crippen molar-refractivity contribution in [1.29, 1.82) is 0 Å². The van der Waals surface area contributed by atoms with Crippen LogP contribution in [0.4, 0.5) is 0 Å². The average molecular weight is 318 g/mol. The Labute approximate surface area is 125 Å². The summed E-state index contributed by atoms with van der Waals surface area (Å²) in [6.07, 6.45) is 1.95. The van der Waals surface area contributed by atoms with Gasteiger partial charge >= 0.3 is 0 Å². The summed E-state index contributed by atoms with van der Waals surface area (Å²) in [6, 6.07) is 6.36. The molecular formula is C13H22N2O3S2. The summed E-state index contributed by atoms with van der Waals surface area (Å²) < 4.78 is 32.3. The Morgan fingerprint density at radius 1 is 1.30 bits per heavy atom. The first-order valence-electron chi connectivity index (χ1n) is 6.38. The molecule has 0 fully saturated rings. The Kier molecular flexibility index (Phi) is 7.36. The van der Waals surface area contributed by atoms with E-state index in [4.69, 9.17) is 4.74 Å². The van der Waals surface area contributed by atoms with E-state index in [1.54, 1.807) is 36.0 Å². The predicted octanol–water partition coefficient (Wildman–Crippen LogP) is 1.31. The lowest BCUT2D eigenvalue weighted by Crippen LogP contribution is -2.34. The van der Waals surface area contributed by atoms with Crippen LogP contribution in [0.2, 0.25) is 0 Å². The van der Waals surface area contributed by atoms with E-state index in [0.717, 1.165) is 12.3 Å². The van der Waals surface area contributed by atoms with Gasteiger partial charge in [-0.15, -0.1) is 0 Å². The summed E-state index contributed by atoms with van der Waals surface area (Å²) in [5, 5.41) is 2.97. The number of ether oxygens (including phenoxy) is 1. The molecule has 0 aliphatic rings. The van der Waals surface area contributed by atoms with E-state index in [1.165, 1.54) is 0 Å². The number of hydrogen-bond acceptors (Lipinski definition) is 5. The van der Waals surface area contributed by atoms with Gasteiger partial charge in [-0.2, -0.15) is 11.8 Å². The predicted molar refractivity (Wildman–Crippen MR) is 84.0 cm³/mol. The van der Waals surface area contributed by atoms with E-state index in [9.17, 15) is 8.42 Å². The lowest BCUT2D eigenvalue weighted by Gasteiger charge is -2.13. The molecule has 2 N–H and O–H groups in total. The first-order valence-corrected chi connectivity index (χ1v) is 9.26. The van der Waals surface area contributed by atoms with Crippen molar-refractivity contribution in [3.63, 3.8) is 0 Å². The average Bonchev–Trinajstić information content (AvgIpc) is 2.39. The van der Waals surface area contributed by atoms with Gasteiger partial charge in [0, 0.05) is 18.3 Å². The van der Waals surface area contributed by atoms with Gasteiger partial charge in [0.05, 0.1) is 4.90 Å². The Morgan fingerprint density at radius 3 is 2.50 bits per heavy atom. The smallest absolute Gasteiger partial charge is 0.240 e. The number of nitrogens with one attached hydrogen (secondary N) is 2. The standard InChI is InChI=1S/C13H22N2O3S2/c1-11(10-19-3)15-20(16,17)13-6-4-12(5-7-13)18-9-8-14-2/h4-7,11,14-15H,8-10H2,1-3H3. The van der Waals surface area contributed by atoms with Gasteiger partial charge in [-0.1, -0.05) is 0 Å². The fraction of sp³-hybridized carbons (Fsp3) is 0.538. The molecule has 7 heteroatoms. The summed E-state index contributed by atoms with van der Waals surface area (Å²) in [5.74, 6) is 1.40. The first kappa shape index (κ1) is 17.3. The van der Waals surface area contributed by atoms with Crippen LogP contribution in [-0.4, -0.2) is 46.7 Å². The van der Waals surface area contributed by atoms with E-state index in [0.29, 0.717) is 12.4 Å². The molecule has 0 saturated heterocycles. The topological polar surface area (TPSA) is 67.4 Å². The highest BCUT2D eigenvalue weighted by atomic mass is 32.2. The third kappa shape index (κ3) is 5.70. The normalized spacial score (nSPS) is 13.2. The van der Waals surface area contributed by atoms with Gasteiger partial charge in [0.1, 0.15) is 12.4 Å². The molecule has 0 aliphatic heterocycles. The summed E-state index contributed by atoms with van der Waals surface area (Å²) in [6.45, 7) is 3.14. The highest BCUT2D eigenvalue weighted by Crippen LogP contribution is 2.16. The number of likely N-dealkylation sites (N-methyl/N-ethyl adjacent to an activating group) is 1. The molecule has 0 amide bonds. The number of rotatable bonds is 9. The zero-order chi connectivity index (χ0) is 15.0. The van der Waals surface area contributed by atoms with Gasteiger partial charge < -0.3 is 10.1 Å². The molecule has 0 aromatic heterocycles. The molecule has 0 saturated carbocycles. The van der Waals surface area contributed by atoms with Gasteiger partial charge in [0.25, 0.3) is 0 Å². The first-order chi connectivity index (χ1) is 9.49. The summed E-state index contributed by atoms with van der Waals surface area (Å²) in [4.78, 5) is 0.256. The van der Waals surface area contributed by atoms with Crippen LogP contribution in [0.3, 0.4) is 0 Å². The molecule has 5 nitrogen and oxygen atoms in total. The SMILES string of the molecule is CNCCOc1ccc(S(=O)(=O)NC(C)CSC)cc1. The highest BCUT2D eigenvalue weighted by Gasteiger charge is 2.16. The summed E-state index contributed by atoms with van der Waals surface area (Å²) in [5.41, 5.74) is 0. The zero-order valence-electron chi connectivity index (χ0n) is 12.0. The third-order valence-corrected chi connectivity index (χ3v) is 4.97. The largest absolute Gasteiger partial charge is 0.492 e. The van der Waals surface area contributed by atoms with Crippen LogP contribution in [0, 0.1) is 0 Å². The quantitative estimate of drug-likeness (QED) is 0.672. The van der Waals surface area contributed by atoms with Crippen LogP contribution in [0.1, 0.15) is 6.92 Å². The minimum atomic E-state index is -3.45. The van der Waals surface area contributed by atoms with E-state index in [-0.39, 0.29) is 10.9 Å². The molecule has 114 valence electrons. The van der Waals surface area contributed by atoms with Crippen LogP contribution in [-0.2, 0) is 10.0 Å². The van der Waals surface area contributed by atoms with Crippen molar-refractivity contribution in [3.8, 4) is 5.75 Å². The maximum atomic E-state index is 12.1. The third-order valence-electron chi connectivity index (χ3n) is 2.53. The monoisotopic (exact) mass is 318 g/mol. The Bertz CT molecular complexity index is 489. The summed E-state index contributed by atoms with van der Waals surface area (Å²) >= 11 is 1.61. The van der Waals surface area contributed by atoms with Crippen LogP contribution < -0.4 is 14.8 Å². The van der Waals surface area contributed by atoms with Gasteiger partial charge in [-0.25, -0.2) is 13.1 Å². The molecule has 0 bridgehead atoms. The fourth-order valence-electron chi connectivity index (χ4n) is 1.60. The van der Waals surface area contributed by atoms with Crippen LogP contribution >= 0.6 is 11.8 Å². The molecule has 0 spiro atoms. The number of benzene rings is 1. The van der Waals surface area contributed by atoms with Crippen molar-refractivity contribution >= 4 is 21.8 Å². The van der Waals surface area contributed by atoms with Gasteiger partial charge in [-0.3, -0.25) is 0 Å². The van der Waals surface area contributed by atoms with E-state index < -0.39 is 10.0 Å². The van der Waals surface area contributed by atoms with Gasteiger partial charge in [0.15, 0.2) is 0 Å². The van der Waals surface area contributed by atoms with Crippen molar-refractivity contribution < 1.29 is 13.2 Å². The second-order valence-electron chi connectivity index (χ2n) is 4.40. The zero-order valence-corrected chi connectivity index (χ0v) is 13.7. The molecule has 0 radical (unpaired) electrons. The fourth-order valence-corrected chi connectivity index (χ4v) is 3.54. The molecule has 1 aromatic rings. The molecular weight excluding hydrogens is 296 g/mol. The molecule has 1 atom stereocenters. The maximum absolute atomic E-state index is 12.1. The summed E-state index contributed by atoms with van der Waals surface area (Å²) in [7, 11) is -1.61. The molecule has 0 heterocycles. The minimum Gasteiger partial charge on any atom is -0.492 e. The van der Waals surface area contributed by atoms with Crippen molar-refractivity contribution in [2.75, 3.05) is 32.2 Å². The molecule has 0 aliphatic carbocycles. The van der Waals surface area contributed by atoms with Crippen LogP contribution in [0.15, 0.2) is 29.2 Å². The Morgan fingerprint density at radius 2 is 1.95 bits per heavy atom. The second kappa shape index (κ2) is 8.51. The van der Waals surface area contributed by atoms with Gasteiger partial charge in [0.2, 0.25) is 10.0 Å². The highest BCUT2D eigenvalue weighted by molar-refractivity contribution is 7.98. The van der Waals surface area contributed by atoms with Crippen molar-refractivity contribution in [3.05, 3.63) is 24.3 Å². The Balaban J connectivity index is 2.66. The second-order valence-corrected chi connectivity index (χ2v) is 7.03. The number of sulfonamides is 1. The molecule has 1 aromatic carbocycles. The van der Waals surface area contributed by atoms with Crippen LogP contribution in [0.25, 0.3) is 0 Å². The minimum absolute atomic E-state index is 0.0958. The molecule has 1 unspecified atom stereocenters. The molecule has 20 heavy (non-hydrogen) atoms. The van der Waals surface area contributed by atoms with Gasteiger partial charge in [-0.05, 0) is 44.5 Å². The van der Waals surface area contributed by atoms with Crippen molar-refractivity contribution in [2.24, 2.45) is 0 Å². The number of hydrogen-bond donors (Lipinski definition) is 2. The number of thioether (sulfide) groups is 1. The molecule has 1 rings (SSSR count). The lowest BCUT2D eigenvalue weighted by atomic mass is 10.3. The maximum Gasteiger partial charge on any atom is 0.240 e. The Hall–Kier alpha value is -0.760. The van der Waals surface area contributed by atoms with Crippen molar-refractivity contribution in [2.45, 2.75) is 17.9 Å².